The van der Waals surface area contributed by atoms with E-state index in [-0.39, 0.29) is 12.1 Å². The molecule has 1 atom stereocenters. The average molecular weight is 204 g/mol. The molecule has 0 aromatic heterocycles. The zero-order valence-corrected chi connectivity index (χ0v) is 8.31. The molecule has 0 spiro atoms. The maximum Gasteiger partial charge on any atom is 0.338 e. The third kappa shape index (κ3) is 2.67. The molecule has 3 heteroatoms. The maximum atomic E-state index is 11.5. The number of benzene rings is 1. The van der Waals surface area contributed by atoms with E-state index >= 15 is 0 Å². The van der Waals surface area contributed by atoms with E-state index in [1.807, 2.05) is 6.07 Å². The first kappa shape index (κ1) is 9.93. The minimum Gasteiger partial charge on any atom is -0.459 e. The number of hydrogen-bond donors (Lipinski definition) is 0. The molecule has 1 aromatic rings. The molecule has 2 rings (SSSR count). The van der Waals surface area contributed by atoms with Crippen LogP contribution >= 0.6 is 0 Å². The van der Waals surface area contributed by atoms with Gasteiger partial charge in [-0.05, 0) is 17.7 Å². The van der Waals surface area contributed by atoms with E-state index in [2.05, 4.69) is 6.58 Å². The van der Waals surface area contributed by atoms with Crippen molar-refractivity contribution in [1.29, 1.82) is 0 Å². The van der Waals surface area contributed by atoms with Gasteiger partial charge in [-0.1, -0.05) is 24.8 Å². The molecule has 1 heterocycles. The van der Waals surface area contributed by atoms with Gasteiger partial charge in [-0.15, -0.1) is 0 Å². The molecule has 0 aliphatic carbocycles. The second-order valence-corrected chi connectivity index (χ2v) is 3.38. The summed E-state index contributed by atoms with van der Waals surface area (Å²) < 4.78 is 10.00. The Bertz CT molecular complexity index is 380. The van der Waals surface area contributed by atoms with E-state index in [9.17, 15) is 4.79 Å². The van der Waals surface area contributed by atoms with E-state index in [0.717, 1.165) is 5.56 Å². The van der Waals surface area contributed by atoms with Crippen LogP contribution in [0.5, 0.6) is 0 Å². The zero-order chi connectivity index (χ0) is 10.7. The number of hydrogen-bond acceptors (Lipinski definition) is 3. The maximum absolute atomic E-state index is 11.5. The standard InChI is InChI=1S/C12H12O3/c1-2-9-4-3-5-10(6-9)12(13)15-8-11-7-14-11/h2-6,11H,1,7-8H2. The van der Waals surface area contributed by atoms with Crippen LogP contribution < -0.4 is 0 Å². The summed E-state index contributed by atoms with van der Waals surface area (Å²) in [5.41, 5.74) is 1.46. The smallest absolute Gasteiger partial charge is 0.338 e. The molecule has 0 radical (unpaired) electrons. The minimum absolute atomic E-state index is 0.108. The number of carbonyl (C=O) groups is 1. The van der Waals surface area contributed by atoms with Crippen LogP contribution in [0.15, 0.2) is 30.8 Å². The number of rotatable bonds is 4. The quantitative estimate of drug-likeness (QED) is 0.555. The van der Waals surface area contributed by atoms with Gasteiger partial charge in [0.05, 0.1) is 12.2 Å². The van der Waals surface area contributed by atoms with E-state index in [0.29, 0.717) is 18.8 Å². The molecule has 0 bridgehead atoms. The molecule has 0 N–H and O–H groups in total. The van der Waals surface area contributed by atoms with Crippen LogP contribution in [0.25, 0.3) is 6.08 Å². The normalized spacial score (nSPS) is 18.3. The lowest BCUT2D eigenvalue weighted by molar-refractivity contribution is 0.0476. The molecule has 3 nitrogen and oxygen atoms in total. The van der Waals surface area contributed by atoms with Crippen LogP contribution in [0.1, 0.15) is 15.9 Å². The predicted molar refractivity (Wildman–Crippen MR) is 56.6 cm³/mol. The molecule has 1 aliphatic heterocycles. The van der Waals surface area contributed by atoms with Gasteiger partial charge in [0.25, 0.3) is 0 Å². The second-order valence-electron chi connectivity index (χ2n) is 3.38. The Morgan fingerprint density at radius 1 is 1.67 bits per heavy atom. The molecular formula is C12H12O3. The molecule has 1 aromatic carbocycles. The van der Waals surface area contributed by atoms with Crippen LogP contribution in [-0.4, -0.2) is 25.3 Å². The van der Waals surface area contributed by atoms with E-state index in [1.54, 1.807) is 24.3 Å². The van der Waals surface area contributed by atoms with Crippen molar-refractivity contribution in [2.24, 2.45) is 0 Å². The topological polar surface area (TPSA) is 38.8 Å². The van der Waals surface area contributed by atoms with Gasteiger partial charge in [-0.3, -0.25) is 0 Å². The van der Waals surface area contributed by atoms with Crippen LogP contribution in [0, 0.1) is 0 Å². The Balaban J connectivity index is 1.99. The van der Waals surface area contributed by atoms with Gasteiger partial charge in [-0.2, -0.15) is 0 Å². The summed E-state index contributed by atoms with van der Waals surface area (Å²) in [5, 5.41) is 0. The molecule has 78 valence electrons. The molecule has 1 aliphatic rings. The molecule has 1 fully saturated rings. The van der Waals surface area contributed by atoms with Gasteiger partial charge >= 0.3 is 5.97 Å². The molecule has 0 amide bonds. The third-order valence-electron chi connectivity index (χ3n) is 2.16. The van der Waals surface area contributed by atoms with E-state index < -0.39 is 0 Å². The van der Waals surface area contributed by atoms with Gasteiger partial charge in [0.15, 0.2) is 0 Å². The molecule has 0 saturated carbocycles. The van der Waals surface area contributed by atoms with Crippen LogP contribution in [0.4, 0.5) is 0 Å². The summed E-state index contributed by atoms with van der Waals surface area (Å²) >= 11 is 0. The number of epoxide rings is 1. The van der Waals surface area contributed by atoms with Crippen molar-refractivity contribution in [2.75, 3.05) is 13.2 Å². The first-order valence-corrected chi connectivity index (χ1v) is 4.81. The number of ether oxygens (including phenoxy) is 2. The Hall–Kier alpha value is -1.61. The largest absolute Gasteiger partial charge is 0.459 e. The summed E-state index contributed by atoms with van der Waals surface area (Å²) in [7, 11) is 0. The fourth-order valence-electron chi connectivity index (χ4n) is 1.21. The van der Waals surface area contributed by atoms with Crippen molar-refractivity contribution in [3.63, 3.8) is 0 Å². The number of carbonyl (C=O) groups excluding carboxylic acids is 1. The number of esters is 1. The highest BCUT2D eigenvalue weighted by Gasteiger charge is 2.24. The van der Waals surface area contributed by atoms with Crippen molar-refractivity contribution in [3.8, 4) is 0 Å². The van der Waals surface area contributed by atoms with Crippen LogP contribution in [-0.2, 0) is 9.47 Å². The molecule has 1 saturated heterocycles. The highest BCUT2D eigenvalue weighted by molar-refractivity contribution is 5.90. The van der Waals surface area contributed by atoms with Crippen molar-refractivity contribution >= 4 is 12.0 Å². The molecule has 15 heavy (non-hydrogen) atoms. The monoisotopic (exact) mass is 204 g/mol. The summed E-state index contributed by atoms with van der Waals surface area (Å²) in [6, 6.07) is 7.17. The molecular weight excluding hydrogens is 192 g/mol. The third-order valence-corrected chi connectivity index (χ3v) is 2.16. The first-order valence-electron chi connectivity index (χ1n) is 4.81. The minimum atomic E-state index is -0.311. The fraction of sp³-hybridized carbons (Fsp3) is 0.250. The summed E-state index contributed by atoms with van der Waals surface area (Å²) in [4.78, 5) is 11.5. The van der Waals surface area contributed by atoms with Crippen LogP contribution in [0.3, 0.4) is 0 Å². The van der Waals surface area contributed by atoms with Gasteiger partial charge in [-0.25, -0.2) is 4.79 Å². The van der Waals surface area contributed by atoms with Crippen molar-refractivity contribution in [3.05, 3.63) is 42.0 Å². The highest BCUT2D eigenvalue weighted by atomic mass is 16.6. The average Bonchev–Trinajstić information content (AvgIpc) is 3.10. The van der Waals surface area contributed by atoms with E-state index in [1.165, 1.54) is 0 Å². The zero-order valence-electron chi connectivity index (χ0n) is 8.31. The Morgan fingerprint density at radius 2 is 2.47 bits per heavy atom. The summed E-state index contributed by atoms with van der Waals surface area (Å²) in [6.07, 6.45) is 1.80. The second kappa shape index (κ2) is 4.28. The lowest BCUT2D eigenvalue weighted by atomic mass is 10.1. The highest BCUT2D eigenvalue weighted by Crippen LogP contribution is 2.12. The lowest BCUT2D eigenvalue weighted by Gasteiger charge is -2.03. The Morgan fingerprint density at radius 3 is 3.13 bits per heavy atom. The van der Waals surface area contributed by atoms with Crippen LogP contribution in [0.2, 0.25) is 0 Å². The van der Waals surface area contributed by atoms with E-state index in [4.69, 9.17) is 9.47 Å². The lowest BCUT2D eigenvalue weighted by Crippen LogP contribution is -2.09. The summed E-state index contributed by atoms with van der Waals surface area (Å²) in [6.45, 7) is 4.68. The van der Waals surface area contributed by atoms with Gasteiger partial charge in [0.2, 0.25) is 0 Å². The SMILES string of the molecule is C=Cc1cccc(C(=O)OCC2CO2)c1. The van der Waals surface area contributed by atoms with Crippen molar-refractivity contribution in [1.82, 2.24) is 0 Å². The van der Waals surface area contributed by atoms with Gasteiger partial charge < -0.3 is 9.47 Å². The Labute approximate surface area is 88.3 Å². The van der Waals surface area contributed by atoms with Crippen molar-refractivity contribution in [2.45, 2.75) is 6.10 Å². The van der Waals surface area contributed by atoms with Gasteiger partial charge in [0, 0.05) is 0 Å². The van der Waals surface area contributed by atoms with Crippen molar-refractivity contribution < 1.29 is 14.3 Å². The Kier molecular flexibility index (Phi) is 2.83. The van der Waals surface area contributed by atoms with Gasteiger partial charge in [0.1, 0.15) is 12.7 Å². The first-order chi connectivity index (χ1) is 7.29. The predicted octanol–water partition coefficient (Wildman–Crippen LogP) is 1.89. The molecule has 1 unspecified atom stereocenters. The summed E-state index contributed by atoms with van der Waals surface area (Å²) in [5.74, 6) is -0.311. The fourth-order valence-corrected chi connectivity index (χ4v) is 1.21.